The van der Waals surface area contributed by atoms with Gasteiger partial charge in [0.2, 0.25) is 0 Å². The third kappa shape index (κ3) is 6.95. The van der Waals surface area contributed by atoms with Crippen molar-refractivity contribution < 1.29 is 9.15 Å². The van der Waals surface area contributed by atoms with Crippen molar-refractivity contribution in [3.63, 3.8) is 0 Å². The van der Waals surface area contributed by atoms with E-state index in [4.69, 9.17) is 14.1 Å². The summed E-state index contributed by atoms with van der Waals surface area (Å²) in [7, 11) is 1.75. The fourth-order valence-corrected chi connectivity index (χ4v) is 3.17. The van der Waals surface area contributed by atoms with Gasteiger partial charge in [-0.1, -0.05) is 19.8 Å². The third-order valence-electron chi connectivity index (χ3n) is 4.70. The second-order valence-corrected chi connectivity index (χ2v) is 6.70. The van der Waals surface area contributed by atoms with Crippen molar-refractivity contribution in [2.75, 3.05) is 26.8 Å². The van der Waals surface area contributed by atoms with Gasteiger partial charge in [0.15, 0.2) is 5.96 Å². The van der Waals surface area contributed by atoms with Crippen LogP contribution in [-0.4, -0.2) is 38.8 Å². The second kappa shape index (κ2) is 11.1. The molecule has 5 nitrogen and oxygen atoms in total. The molecule has 0 aromatic carbocycles. The molecule has 0 amide bonds. The van der Waals surface area contributed by atoms with Crippen LogP contribution in [0.4, 0.5) is 0 Å². The number of methoxy groups -OCH3 is 1. The van der Waals surface area contributed by atoms with E-state index in [9.17, 15) is 0 Å². The Hall–Kier alpha value is -1.49. The normalized spacial score (nSPS) is 21.7. The molecule has 1 aromatic heterocycles. The van der Waals surface area contributed by atoms with Crippen LogP contribution in [0.25, 0.3) is 0 Å². The van der Waals surface area contributed by atoms with Crippen LogP contribution in [0, 0.1) is 5.92 Å². The molecular formula is C19H33N3O2. The lowest BCUT2D eigenvalue weighted by Gasteiger charge is -2.31. The zero-order valence-corrected chi connectivity index (χ0v) is 15.2. The highest BCUT2D eigenvalue weighted by Crippen LogP contribution is 2.23. The Labute approximate surface area is 146 Å². The van der Waals surface area contributed by atoms with E-state index >= 15 is 0 Å². The minimum Gasteiger partial charge on any atom is -0.469 e. The maximum absolute atomic E-state index is 5.39. The first-order chi connectivity index (χ1) is 11.8. The summed E-state index contributed by atoms with van der Waals surface area (Å²) in [6.07, 6.45) is 9.93. The molecular weight excluding hydrogens is 302 g/mol. The van der Waals surface area contributed by atoms with E-state index in [0.717, 1.165) is 50.7 Å². The van der Waals surface area contributed by atoms with Crippen LogP contribution in [0.15, 0.2) is 27.8 Å². The minimum absolute atomic E-state index is 0.535. The van der Waals surface area contributed by atoms with Gasteiger partial charge in [-0.2, -0.15) is 0 Å². The van der Waals surface area contributed by atoms with Gasteiger partial charge in [0.1, 0.15) is 5.76 Å². The minimum atomic E-state index is 0.535. The quantitative estimate of drug-likeness (QED) is 0.413. The molecule has 24 heavy (non-hydrogen) atoms. The number of nitrogens with one attached hydrogen (secondary N) is 2. The summed E-state index contributed by atoms with van der Waals surface area (Å²) in [5, 5.41) is 7.12. The van der Waals surface area contributed by atoms with Gasteiger partial charge >= 0.3 is 0 Å². The van der Waals surface area contributed by atoms with Crippen LogP contribution in [0.3, 0.4) is 0 Å². The summed E-state index contributed by atoms with van der Waals surface area (Å²) >= 11 is 0. The Morgan fingerprint density at radius 2 is 2.21 bits per heavy atom. The first-order valence-electron chi connectivity index (χ1n) is 9.35. The molecule has 0 bridgehead atoms. The second-order valence-electron chi connectivity index (χ2n) is 6.70. The Morgan fingerprint density at radius 1 is 1.33 bits per heavy atom. The largest absolute Gasteiger partial charge is 0.469 e. The molecule has 2 atom stereocenters. The van der Waals surface area contributed by atoms with Gasteiger partial charge in [0.25, 0.3) is 0 Å². The fourth-order valence-electron chi connectivity index (χ4n) is 3.17. The third-order valence-corrected chi connectivity index (χ3v) is 4.70. The topological polar surface area (TPSA) is 58.8 Å². The molecule has 1 saturated carbocycles. The average molecular weight is 335 g/mol. The summed E-state index contributed by atoms with van der Waals surface area (Å²) in [6, 6.07) is 4.48. The molecule has 1 aromatic rings. The highest BCUT2D eigenvalue weighted by molar-refractivity contribution is 5.80. The highest BCUT2D eigenvalue weighted by atomic mass is 16.5. The van der Waals surface area contributed by atoms with Crippen molar-refractivity contribution in [2.24, 2.45) is 10.9 Å². The number of ether oxygens (including phenoxy) is 1. The number of hydrogen-bond acceptors (Lipinski definition) is 3. The average Bonchev–Trinajstić information content (AvgIpc) is 3.10. The van der Waals surface area contributed by atoms with Gasteiger partial charge in [-0.05, 0) is 43.7 Å². The Bertz CT molecular complexity index is 459. The lowest BCUT2D eigenvalue weighted by atomic mass is 9.86. The van der Waals surface area contributed by atoms with Crippen molar-refractivity contribution in [2.45, 2.75) is 57.9 Å². The molecule has 2 N–H and O–H groups in total. The van der Waals surface area contributed by atoms with E-state index in [-0.39, 0.29) is 0 Å². The van der Waals surface area contributed by atoms with Crippen LogP contribution in [0.1, 0.15) is 51.2 Å². The van der Waals surface area contributed by atoms with Gasteiger partial charge < -0.3 is 19.8 Å². The van der Waals surface area contributed by atoms with Crippen molar-refractivity contribution in [3.8, 4) is 0 Å². The summed E-state index contributed by atoms with van der Waals surface area (Å²) in [5.41, 5.74) is 0. The van der Waals surface area contributed by atoms with Gasteiger partial charge in [-0.15, -0.1) is 0 Å². The Balaban J connectivity index is 1.80. The van der Waals surface area contributed by atoms with E-state index in [0.29, 0.717) is 12.0 Å². The van der Waals surface area contributed by atoms with E-state index in [1.54, 1.807) is 13.4 Å². The van der Waals surface area contributed by atoms with E-state index in [1.807, 2.05) is 12.1 Å². The summed E-state index contributed by atoms with van der Waals surface area (Å²) in [4.78, 5) is 4.75. The number of furan rings is 1. The number of unbranched alkanes of at least 4 members (excludes halogenated alkanes) is 1. The first-order valence-corrected chi connectivity index (χ1v) is 9.35. The zero-order chi connectivity index (χ0) is 17.0. The van der Waals surface area contributed by atoms with Crippen LogP contribution < -0.4 is 10.6 Å². The van der Waals surface area contributed by atoms with Crippen molar-refractivity contribution in [1.29, 1.82) is 0 Å². The lowest BCUT2D eigenvalue weighted by Crippen LogP contribution is -2.47. The molecule has 0 radical (unpaired) electrons. The van der Waals surface area contributed by atoms with Crippen molar-refractivity contribution in [3.05, 3.63) is 24.2 Å². The molecule has 5 heteroatoms. The Morgan fingerprint density at radius 3 is 2.96 bits per heavy atom. The van der Waals surface area contributed by atoms with Crippen LogP contribution in [0.5, 0.6) is 0 Å². The maximum atomic E-state index is 5.39. The van der Waals surface area contributed by atoms with E-state index in [1.165, 1.54) is 25.7 Å². The van der Waals surface area contributed by atoms with Gasteiger partial charge in [0, 0.05) is 39.3 Å². The monoisotopic (exact) mass is 335 g/mol. The summed E-state index contributed by atoms with van der Waals surface area (Å²) in [6.45, 7) is 4.82. The van der Waals surface area contributed by atoms with Crippen LogP contribution in [-0.2, 0) is 11.2 Å². The van der Waals surface area contributed by atoms with Crippen molar-refractivity contribution >= 4 is 5.96 Å². The Kier molecular flexibility index (Phi) is 8.74. The molecule has 1 heterocycles. The van der Waals surface area contributed by atoms with Gasteiger partial charge in [-0.3, -0.25) is 4.99 Å². The maximum Gasteiger partial charge on any atom is 0.191 e. The molecule has 0 aliphatic heterocycles. The predicted octanol–water partition coefficient (Wildman–Crippen LogP) is 3.36. The van der Waals surface area contributed by atoms with E-state index < -0.39 is 0 Å². The molecule has 0 saturated heterocycles. The molecule has 1 aliphatic carbocycles. The number of aliphatic imine (C=N–C) groups is 1. The summed E-state index contributed by atoms with van der Waals surface area (Å²) in [5.74, 6) is 2.66. The predicted molar refractivity (Wildman–Crippen MR) is 98.4 cm³/mol. The summed E-state index contributed by atoms with van der Waals surface area (Å²) < 4.78 is 10.5. The van der Waals surface area contributed by atoms with Gasteiger partial charge in [0.05, 0.1) is 6.26 Å². The molecule has 2 unspecified atom stereocenters. The number of hydrogen-bond donors (Lipinski definition) is 2. The fraction of sp³-hybridized carbons (Fsp3) is 0.737. The highest BCUT2D eigenvalue weighted by Gasteiger charge is 2.21. The molecule has 1 aliphatic rings. The number of nitrogens with zero attached hydrogens (tertiary/aromatic N) is 1. The van der Waals surface area contributed by atoms with E-state index in [2.05, 4.69) is 17.6 Å². The molecule has 136 valence electrons. The smallest absolute Gasteiger partial charge is 0.191 e. The van der Waals surface area contributed by atoms with Gasteiger partial charge in [-0.25, -0.2) is 0 Å². The number of guanidine groups is 1. The SMILES string of the molecule is COCCCCN=C(NCCc1ccco1)NC1CCCCC1C. The van der Waals surface area contributed by atoms with Crippen LogP contribution >= 0.6 is 0 Å². The molecule has 2 rings (SSSR count). The first kappa shape index (κ1) is 18.8. The number of rotatable bonds is 9. The van der Waals surface area contributed by atoms with Crippen molar-refractivity contribution in [1.82, 2.24) is 10.6 Å². The van der Waals surface area contributed by atoms with Crippen LogP contribution in [0.2, 0.25) is 0 Å². The molecule has 0 spiro atoms. The zero-order valence-electron chi connectivity index (χ0n) is 15.2. The molecule has 1 fully saturated rings. The standard InChI is InChI=1S/C19H33N3O2/c1-16-8-3-4-10-18(16)22-19(20-12-5-6-14-23-2)21-13-11-17-9-7-15-24-17/h7,9,15-16,18H,3-6,8,10-14H2,1-2H3,(H2,20,21,22). The lowest BCUT2D eigenvalue weighted by molar-refractivity contribution is 0.193.